The quantitative estimate of drug-likeness (QED) is 0.667. The maximum atomic E-state index is 11.7. The molecule has 6 nitrogen and oxygen atoms in total. The molecular weight excluding hydrogens is 386 g/mol. The minimum Gasteiger partial charge on any atom is -0.357 e. The topological polar surface area (TPSA) is 75.4 Å². The molecule has 160 valence electrons. The standard InChI is InChI=1S/C25H29N5O/c1-29(25(31)16-26)18-19-3-2-4-22(15-19)23-5-6-24(28-17-23)30-13-9-21(10-14-30)20-7-11-27-12-8-20/h2-8,11-12,15,17,21H,9-10,13-14,16,18,26H2,1H3. The van der Waals surface area contributed by atoms with Crippen molar-refractivity contribution in [2.24, 2.45) is 5.73 Å². The third-order valence-electron chi connectivity index (χ3n) is 6.02. The van der Waals surface area contributed by atoms with Crippen molar-refractivity contribution in [1.29, 1.82) is 0 Å². The van der Waals surface area contributed by atoms with Crippen LogP contribution < -0.4 is 10.6 Å². The molecular formula is C25H29N5O. The van der Waals surface area contributed by atoms with E-state index in [9.17, 15) is 4.79 Å². The number of benzene rings is 1. The summed E-state index contributed by atoms with van der Waals surface area (Å²) >= 11 is 0. The number of carbonyl (C=O) groups is 1. The fraction of sp³-hybridized carbons (Fsp3) is 0.320. The number of likely N-dealkylation sites (N-methyl/N-ethyl adjacent to an activating group) is 1. The van der Waals surface area contributed by atoms with Crippen LogP contribution >= 0.6 is 0 Å². The van der Waals surface area contributed by atoms with Crippen LogP contribution in [0.1, 0.15) is 29.9 Å². The summed E-state index contributed by atoms with van der Waals surface area (Å²) in [5.41, 5.74) is 10.1. The summed E-state index contributed by atoms with van der Waals surface area (Å²) in [6.45, 7) is 2.59. The lowest BCUT2D eigenvalue weighted by Crippen LogP contribution is -2.33. The molecule has 3 aromatic rings. The number of hydrogen-bond acceptors (Lipinski definition) is 5. The average Bonchev–Trinajstić information content (AvgIpc) is 2.84. The van der Waals surface area contributed by atoms with E-state index in [-0.39, 0.29) is 12.5 Å². The van der Waals surface area contributed by atoms with Crippen molar-refractivity contribution in [2.45, 2.75) is 25.3 Å². The van der Waals surface area contributed by atoms with Gasteiger partial charge in [0.1, 0.15) is 5.82 Å². The van der Waals surface area contributed by atoms with E-state index in [2.05, 4.69) is 46.3 Å². The van der Waals surface area contributed by atoms with E-state index in [4.69, 9.17) is 10.7 Å². The minimum absolute atomic E-state index is 0.0291. The Balaban J connectivity index is 1.40. The molecule has 2 aromatic heterocycles. The summed E-state index contributed by atoms with van der Waals surface area (Å²) < 4.78 is 0. The number of pyridine rings is 2. The smallest absolute Gasteiger partial charge is 0.236 e. The highest BCUT2D eigenvalue weighted by atomic mass is 16.2. The molecule has 0 unspecified atom stereocenters. The zero-order valence-corrected chi connectivity index (χ0v) is 17.9. The Morgan fingerprint density at radius 1 is 1.10 bits per heavy atom. The first kappa shape index (κ1) is 21.0. The first-order valence-corrected chi connectivity index (χ1v) is 10.8. The van der Waals surface area contributed by atoms with Gasteiger partial charge in [-0.25, -0.2) is 4.98 Å². The average molecular weight is 416 g/mol. The largest absolute Gasteiger partial charge is 0.357 e. The third kappa shape index (κ3) is 5.09. The molecule has 0 saturated carbocycles. The van der Waals surface area contributed by atoms with Gasteiger partial charge in [0, 0.05) is 50.8 Å². The molecule has 0 bridgehead atoms. The predicted octanol–water partition coefficient (Wildman–Crippen LogP) is 3.44. The molecule has 0 spiro atoms. The monoisotopic (exact) mass is 415 g/mol. The van der Waals surface area contributed by atoms with Crippen molar-refractivity contribution >= 4 is 11.7 Å². The fourth-order valence-corrected chi connectivity index (χ4v) is 4.19. The second kappa shape index (κ2) is 9.71. The van der Waals surface area contributed by atoms with E-state index >= 15 is 0 Å². The van der Waals surface area contributed by atoms with E-state index in [0.29, 0.717) is 12.5 Å². The Kier molecular flexibility index (Phi) is 6.57. The van der Waals surface area contributed by atoms with E-state index in [1.165, 1.54) is 5.56 Å². The lowest BCUT2D eigenvalue weighted by atomic mass is 9.90. The van der Waals surface area contributed by atoms with E-state index < -0.39 is 0 Å². The number of aromatic nitrogens is 2. The maximum Gasteiger partial charge on any atom is 0.236 e. The number of nitrogens with two attached hydrogens (primary N) is 1. The highest BCUT2D eigenvalue weighted by molar-refractivity contribution is 5.77. The van der Waals surface area contributed by atoms with Gasteiger partial charge in [0.15, 0.2) is 0 Å². The second-order valence-corrected chi connectivity index (χ2v) is 8.10. The Morgan fingerprint density at radius 3 is 2.55 bits per heavy atom. The van der Waals surface area contributed by atoms with Gasteiger partial charge in [0.25, 0.3) is 0 Å². The Labute approximate surface area is 183 Å². The molecule has 2 N–H and O–H groups in total. The van der Waals surface area contributed by atoms with Crippen LogP contribution in [0.2, 0.25) is 0 Å². The summed E-state index contributed by atoms with van der Waals surface area (Å²) in [5.74, 6) is 1.57. The zero-order chi connectivity index (χ0) is 21.6. The maximum absolute atomic E-state index is 11.7. The van der Waals surface area contributed by atoms with Gasteiger partial charge in [0.2, 0.25) is 5.91 Å². The molecule has 31 heavy (non-hydrogen) atoms. The van der Waals surface area contributed by atoms with Gasteiger partial charge in [-0.2, -0.15) is 0 Å². The number of nitrogens with zero attached hydrogens (tertiary/aromatic N) is 4. The van der Waals surface area contributed by atoms with Gasteiger partial charge in [-0.15, -0.1) is 0 Å². The van der Waals surface area contributed by atoms with Crippen molar-refractivity contribution in [3.05, 3.63) is 78.2 Å². The van der Waals surface area contributed by atoms with Crippen LogP contribution in [0.15, 0.2) is 67.1 Å². The van der Waals surface area contributed by atoms with Crippen molar-refractivity contribution in [3.8, 4) is 11.1 Å². The minimum atomic E-state index is -0.0656. The van der Waals surface area contributed by atoms with Crippen LogP contribution in [0.3, 0.4) is 0 Å². The number of piperidine rings is 1. The van der Waals surface area contributed by atoms with Gasteiger partial charge in [0.05, 0.1) is 6.54 Å². The van der Waals surface area contributed by atoms with Gasteiger partial charge >= 0.3 is 0 Å². The summed E-state index contributed by atoms with van der Waals surface area (Å²) in [4.78, 5) is 24.6. The highest BCUT2D eigenvalue weighted by Gasteiger charge is 2.21. The highest BCUT2D eigenvalue weighted by Crippen LogP contribution is 2.30. The number of hydrogen-bond donors (Lipinski definition) is 1. The number of anilines is 1. The molecule has 0 radical (unpaired) electrons. The van der Waals surface area contributed by atoms with Crippen molar-refractivity contribution < 1.29 is 4.79 Å². The van der Waals surface area contributed by atoms with Crippen molar-refractivity contribution in [2.75, 3.05) is 31.6 Å². The van der Waals surface area contributed by atoms with Crippen LogP contribution in [-0.4, -0.2) is 47.5 Å². The van der Waals surface area contributed by atoms with E-state index in [1.54, 1.807) is 11.9 Å². The van der Waals surface area contributed by atoms with Crippen LogP contribution in [0.5, 0.6) is 0 Å². The molecule has 1 saturated heterocycles. The molecule has 3 heterocycles. The molecule has 1 fully saturated rings. The Bertz CT molecular complexity index is 998. The van der Waals surface area contributed by atoms with Gasteiger partial charge in [-0.3, -0.25) is 9.78 Å². The van der Waals surface area contributed by atoms with E-state index in [0.717, 1.165) is 48.4 Å². The molecule has 1 amide bonds. The summed E-state index contributed by atoms with van der Waals surface area (Å²) in [7, 11) is 1.77. The van der Waals surface area contributed by atoms with Crippen molar-refractivity contribution in [1.82, 2.24) is 14.9 Å². The lowest BCUT2D eigenvalue weighted by molar-refractivity contribution is -0.128. The fourth-order valence-electron chi connectivity index (χ4n) is 4.19. The number of rotatable bonds is 6. The molecule has 1 aliphatic heterocycles. The predicted molar refractivity (Wildman–Crippen MR) is 124 cm³/mol. The number of carbonyl (C=O) groups excluding carboxylic acids is 1. The molecule has 4 rings (SSSR count). The summed E-state index contributed by atoms with van der Waals surface area (Å²) in [6, 6.07) is 16.7. The Hall–Kier alpha value is -3.25. The van der Waals surface area contributed by atoms with Crippen LogP contribution in [0.4, 0.5) is 5.82 Å². The van der Waals surface area contributed by atoms with Gasteiger partial charge in [-0.1, -0.05) is 18.2 Å². The zero-order valence-electron chi connectivity index (χ0n) is 17.9. The molecule has 1 aliphatic rings. The first-order chi connectivity index (χ1) is 15.1. The molecule has 6 heteroatoms. The van der Waals surface area contributed by atoms with Crippen molar-refractivity contribution in [3.63, 3.8) is 0 Å². The van der Waals surface area contributed by atoms with Gasteiger partial charge in [-0.05, 0) is 65.8 Å². The second-order valence-electron chi connectivity index (χ2n) is 8.10. The number of amides is 1. The van der Waals surface area contributed by atoms with Crippen LogP contribution in [-0.2, 0) is 11.3 Å². The Morgan fingerprint density at radius 2 is 1.87 bits per heavy atom. The normalized spacial score (nSPS) is 14.5. The first-order valence-electron chi connectivity index (χ1n) is 10.8. The van der Waals surface area contributed by atoms with Gasteiger partial charge < -0.3 is 15.5 Å². The molecule has 1 aromatic carbocycles. The van der Waals surface area contributed by atoms with Crippen LogP contribution in [0.25, 0.3) is 11.1 Å². The SMILES string of the molecule is CN(Cc1cccc(-c2ccc(N3CCC(c4ccncc4)CC3)nc2)c1)C(=O)CN. The van der Waals surface area contributed by atoms with E-state index in [1.807, 2.05) is 30.7 Å². The molecule has 0 atom stereocenters. The summed E-state index contributed by atoms with van der Waals surface area (Å²) in [5, 5.41) is 0. The molecule has 0 aliphatic carbocycles. The lowest BCUT2D eigenvalue weighted by Gasteiger charge is -2.33. The van der Waals surface area contributed by atoms with Crippen LogP contribution in [0, 0.1) is 0 Å². The summed E-state index contributed by atoms with van der Waals surface area (Å²) in [6.07, 6.45) is 7.96. The third-order valence-corrected chi connectivity index (χ3v) is 6.02.